The molecule has 2 rings (SSSR count). The Morgan fingerprint density at radius 1 is 0.952 bits per heavy atom. The van der Waals surface area contributed by atoms with Crippen LogP contribution in [0.3, 0.4) is 0 Å². The Morgan fingerprint density at radius 3 is 2.29 bits per heavy atom. The van der Waals surface area contributed by atoms with Crippen molar-refractivity contribution in [2.45, 2.75) is 6.92 Å². The number of aryl methyl sites for hydroxylation is 1. The minimum Gasteiger partial charge on any atom is -0.318 e. The van der Waals surface area contributed by atoms with Gasteiger partial charge >= 0.3 is 11.8 Å². The van der Waals surface area contributed by atoms with Crippen molar-refractivity contribution in [1.29, 1.82) is 0 Å². The van der Waals surface area contributed by atoms with Crippen molar-refractivity contribution in [3.8, 4) is 0 Å². The summed E-state index contributed by atoms with van der Waals surface area (Å²) in [4.78, 5) is 23.2. The Hall–Kier alpha value is -2.95. The van der Waals surface area contributed by atoms with E-state index >= 15 is 0 Å². The summed E-state index contributed by atoms with van der Waals surface area (Å²) < 4.78 is 0. The van der Waals surface area contributed by atoms with E-state index in [9.17, 15) is 9.59 Å². The molecule has 0 radical (unpaired) electrons. The summed E-state index contributed by atoms with van der Waals surface area (Å²) in [6, 6.07) is 16.4. The van der Waals surface area contributed by atoms with E-state index in [1.54, 1.807) is 12.1 Å². The average molecular weight is 281 g/mol. The molecule has 0 aromatic heterocycles. The van der Waals surface area contributed by atoms with Gasteiger partial charge in [-0.25, -0.2) is 5.43 Å². The number of hydrogen-bond acceptors (Lipinski definition) is 3. The number of hydrogen-bond donors (Lipinski definition) is 2. The maximum Gasteiger partial charge on any atom is 0.329 e. The highest BCUT2D eigenvalue weighted by atomic mass is 16.2. The summed E-state index contributed by atoms with van der Waals surface area (Å²) in [5, 5.41) is 6.23. The minimum absolute atomic E-state index is 0.563. The molecule has 0 bridgehead atoms. The fourth-order valence-electron chi connectivity index (χ4n) is 1.58. The largest absolute Gasteiger partial charge is 0.329 e. The molecule has 0 saturated heterocycles. The average Bonchev–Trinajstić information content (AvgIpc) is 2.50. The first-order valence-corrected chi connectivity index (χ1v) is 6.41. The second kappa shape index (κ2) is 7.00. The molecule has 5 nitrogen and oxygen atoms in total. The molecule has 0 spiro atoms. The number of nitrogens with one attached hydrogen (secondary N) is 2. The Balaban J connectivity index is 1.87. The third-order valence-electron chi connectivity index (χ3n) is 2.69. The molecule has 0 aliphatic rings. The van der Waals surface area contributed by atoms with Gasteiger partial charge in [0.05, 0.1) is 6.21 Å². The zero-order chi connectivity index (χ0) is 15.1. The molecule has 106 valence electrons. The van der Waals surface area contributed by atoms with E-state index < -0.39 is 11.8 Å². The van der Waals surface area contributed by atoms with Crippen molar-refractivity contribution in [1.82, 2.24) is 5.43 Å². The molecular weight excluding hydrogens is 266 g/mol. The number of carbonyl (C=O) groups excluding carboxylic acids is 2. The number of hydrazone groups is 1. The maximum atomic E-state index is 11.6. The second-order valence-corrected chi connectivity index (χ2v) is 4.43. The topological polar surface area (TPSA) is 70.6 Å². The lowest BCUT2D eigenvalue weighted by molar-refractivity contribution is -0.136. The van der Waals surface area contributed by atoms with Crippen LogP contribution in [-0.2, 0) is 9.59 Å². The van der Waals surface area contributed by atoms with Crippen LogP contribution in [-0.4, -0.2) is 18.0 Å². The summed E-state index contributed by atoms with van der Waals surface area (Å²) in [5.74, 6) is -1.58. The fourth-order valence-corrected chi connectivity index (χ4v) is 1.58. The number of amides is 2. The molecule has 2 aromatic rings. The summed E-state index contributed by atoms with van der Waals surface area (Å²) in [6.45, 7) is 1.94. The smallest absolute Gasteiger partial charge is 0.318 e. The van der Waals surface area contributed by atoms with Gasteiger partial charge in [-0.05, 0) is 24.6 Å². The van der Waals surface area contributed by atoms with E-state index in [1.165, 1.54) is 6.21 Å². The van der Waals surface area contributed by atoms with E-state index in [-0.39, 0.29) is 0 Å². The van der Waals surface area contributed by atoms with Gasteiger partial charge in [0.1, 0.15) is 0 Å². The highest BCUT2D eigenvalue weighted by Gasteiger charge is 2.12. The quantitative estimate of drug-likeness (QED) is 0.514. The lowest BCUT2D eigenvalue weighted by Crippen LogP contribution is -2.32. The molecule has 0 aliphatic heterocycles. The lowest BCUT2D eigenvalue weighted by Gasteiger charge is -2.04. The van der Waals surface area contributed by atoms with Crippen LogP contribution in [0.25, 0.3) is 0 Å². The first-order valence-electron chi connectivity index (χ1n) is 6.41. The van der Waals surface area contributed by atoms with Crippen molar-refractivity contribution in [2.24, 2.45) is 5.10 Å². The van der Waals surface area contributed by atoms with E-state index in [2.05, 4.69) is 15.8 Å². The monoisotopic (exact) mass is 281 g/mol. The molecule has 21 heavy (non-hydrogen) atoms. The number of rotatable bonds is 3. The van der Waals surface area contributed by atoms with Gasteiger partial charge in [-0.3, -0.25) is 9.59 Å². The van der Waals surface area contributed by atoms with Crippen LogP contribution in [0.4, 0.5) is 5.69 Å². The third kappa shape index (κ3) is 4.58. The summed E-state index contributed by atoms with van der Waals surface area (Å²) >= 11 is 0. The van der Waals surface area contributed by atoms with E-state index in [4.69, 9.17) is 0 Å². The van der Waals surface area contributed by atoms with Crippen LogP contribution >= 0.6 is 0 Å². The number of carbonyl (C=O) groups is 2. The van der Waals surface area contributed by atoms with Gasteiger partial charge < -0.3 is 5.32 Å². The zero-order valence-electron chi connectivity index (χ0n) is 11.5. The van der Waals surface area contributed by atoms with Gasteiger partial charge in [0.15, 0.2) is 0 Å². The van der Waals surface area contributed by atoms with Crippen molar-refractivity contribution < 1.29 is 9.59 Å². The van der Waals surface area contributed by atoms with Crippen molar-refractivity contribution >= 4 is 23.7 Å². The van der Waals surface area contributed by atoms with Crippen molar-refractivity contribution in [3.05, 3.63) is 65.7 Å². The van der Waals surface area contributed by atoms with Crippen LogP contribution in [0, 0.1) is 6.92 Å². The molecule has 5 heteroatoms. The molecule has 2 amide bonds. The number of benzene rings is 2. The molecule has 2 aromatic carbocycles. The van der Waals surface area contributed by atoms with Crippen LogP contribution < -0.4 is 10.7 Å². The van der Waals surface area contributed by atoms with Crippen LogP contribution in [0.5, 0.6) is 0 Å². The van der Waals surface area contributed by atoms with Gasteiger partial charge in [-0.2, -0.15) is 5.10 Å². The third-order valence-corrected chi connectivity index (χ3v) is 2.69. The van der Waals surface area contributed by atoms with Crippen molar-refractivity contribution in [3.63, 3.8) is 0 Å². The summed E-state index contributed by atoms with van der Waals surface area (Å²) in [6.07, 6.45) is 1.47. The normalized spacial score (nSPS) is 10.3. The molecular formula is C16H15N3O2. The minimum atomic E-state index is -0.817. The second-order valence-electron chi connectivity index (χ2n) is 4.43. The first-order chi connectivity index (χ1) is 10.1. The highest BCUT2D eigenvalue weighted by Crippen LogP contribution is 2.08. The van der Waals surface area contributed by atoms with Gasteiger partial charge in [0.2, 0.25) is 0 Å². The Morgan fingerprint density at radius 2 is 1.62 bits per heavy atom. The van der Waals surface area contributed by atoms with Gasteiger partial charge in [-0.1, -0.05) is 48.0 Å². The van der Waals surface area contributed by atoms with Gasteiger partial charge in [-0.15, -0.1) is 0 Å². The van der Waals surface area contributed by atoms with Gasteiger partial charge in [0, 0.05) is 5.69 Å². The van der Waals surface area contributed by atoms with E-state index in [0.29, 0.717) is 5.69 Å². The SMILES string of the molecule is Cc1ccc(NC(=O)C(=O)NN=Cc2ccccc2)cc1. The molecule has 0 fully saturated rings. The first kappa shape index (κ1) is 14.5. The lowest BCUT2D eigenvalue weighted by atomic mass is 10.2. The number of nitrogens with zero attached hydrogens (tertiary/aromatic N) is 1. The highest BCUT2D eigenvalue weighted by molar-refractivity contribution is 6.39. The Bertz CT molecular complexity index is 649. The number of anilines is 1. The molecule has 0 aliphatic carbocycles. The Labute approximate surface area is 122 Å². The molecule has 2 N–H and O–H groups in total. The van der Waals surface area contributed by atoms with Crippen LogP contribution in [0.15, 0.2) is 59.7 Å². The predicted molar refractivity (Wildman–Crippen MR) is 82.0 cm³/mol. The maximum absolute atomic E-state index is 11.6. The Kier molecular flexibility index (Phi) is 4.82. The molecule has 0 heterocycles. The predicted octanol–water partition coefficient (Wildman–Crippen LogP) is 2.08. The van der Waals surface area contributed by atoms with E-state index in [0.717, 1.165) is 11.1 Å². The zero-order valence-corrected chi connectivity index (χ0v) is 11.5. The van der Waals surface area contributed by atoms with Gasteiger partial charge in [0.25, 0.3) is 0 Å². The van der Waals surface area contributed by atoms with Crippen LogP contribution in [0.2, 0.25) is 0 Å². The fraction of sp³-hybridized carbons (Fsp3) is 0.0625. The van der Waals surface area contributed by atoms with E-state index in [1.807, 2.05) is 49.4 Å². The standard InChI is InChI=1S/C16H15N3O2/c1-12-7-9-14(10-8-12)18-15(20)16(21)19-17-11-13-5-3-2-4-6-13/h2-11H,1H3,(H,18,20)(H,19,21). The summed E-state index contributed by atoms with van der Waals surface area (Å²) in [5.41, 5.74) is 4.65. The molecule has 0 unspecified atom stereocenters. The molecule has 0 atom stereocenters. The molecule has 0 saturated carbocycles. The van der Waals surface area contributed by atoms with Crippen molar-refractivity contribution in [2.75, 3.05) is 5.32 Å². The van der Waals surface area contributed by atoms with Crippen LogP contribution in [0.1, 0.15) is 11.1 Å². The summed E-state index contributed by atoms with van der Waals surface area (Å²) in [7, 11) is 0.